The third kappa shape index (κ3) is 8.02. The molecule has 0 N–H and O–H groups in total. The number of allylic oxidation sites excluding steroid dienone is 4. The smallest absolute Gasteiger partial charge is 0.136 e. The molecule has 0 aromatic carbocycles. The van der Waals surface area contributed by atoms with Crippen LogP contribution >= 0.6 is 0 Å². The minimum Gasteiger partial charge on any atom is -0.299 e. The summed E-state index contributed by atoms with van der Waals surface area (Å²) in [6.45, 7) is 2.24. The van der Waals surface area contributed by atoms with Crippen LogP contribution in [0.1, 0.15) is 77.6 Å². The van der Waals surface area contributed by atoms with Gasteiger partial charge in [0.05, 0.1) is 0 Å². The van der Waals surface area contributed by atoms with E-state index in [0.717, 1.165) is 25.7 Å². The molecule has 1 aliphatic carbocycles. The van der Waals surface area contributed by atoms with Gasteiger partial charge in [0.2, 0.25) is 0 Å². The van der Waals surface area contributed by atoms with E-state index in [1.54, 1.807) is 0 Å². The molecule has 0 bridgehead atoms. The van der Waals surface area contributed by atoms with Crippen molar-refractivity contribution in [3.63, 3.8) is 0 Å². The summed E-state index contributed by atoms with van der Waals surface area (Å²) in [5, 5.41) is 0. The fourth-order valence-electron chi connectivity index (χ4n) is 2.44. The highest BCUT2D eigenvalue weighted by molar-refractivity contribution is 5.86. The largest absolute Gasteiger partial charge is 0.299 e. The van der Waals surface area contributed by atoms with Crippen molar-refractivity contribution in [1.29, 1.82) is 0 Å². The summed E-state index contributed by atoms with van der Waals surface area (Å²) in [6.07, 6.45) is 22.2. The lowest BCUT2D eigenvalue weighted by Gasteiger charge is -2.23. The Morgan fingerprint density at radius 1 is 1.00 bits per heavy atom. The maximum absolute atomic E-state index is 11.1. The Balaban J connectivity index is 1.83. The van der Waals surface area contributed by atoms with Gasteiger partial charge in [-0.15, -0.1) is 0 Å². The van der Waals surface area contributed by atoms with Gasteiger partial charge in [-0.3, -0.25) is 4.79 Å². The van der Waals surface area contributed by atoms with Gasteiger partial charge in [0, 0.05) is 12.3 Å². The number of unbranched alkanes of at least 4 members (excludes halogenated alkanes) is 5. The second kappa shape index (κ2) is 11.0. The van der Waals surface area contributed by atoms with Crippen molar-refractivity contribution in [3.8, 4) is 0 Å². The molecule has 0 aliphatic heterocycles. The van der Waals surface area contributed by atoms with Crippen LogP contribution in [0.2, 0.25) is 0 Å². The van der Waals surface area contributed by atoms with E-state index in [-0.39, 0.29) is 0 Å². The fraction of sp³-hybridized carbons (Fsp3) is 0.722. The third-order valence-electron chi connectivity index (χ3n) is 3.95. The molecule has 1 rings (SSSR count). The summed E-state index contributed by atoms with van der Waals surface area (Å²) < 4.78 is 0. The van der Waals surface area contributed by atoms with Crippen molar-refractivity contribution < 1.29 is 4.79 Å². The van der Waals surface area contributed by atoms with E-state index in [9.17, 15) is 4.79 Å². The number of Topliss-reactive ketones (excluding diaryl/α,β-unsaturated/α-hetero) is 1. The number of hydrogen-bond donors (Lipinski definition) is 0. The lowest BCUT2D eigenvalue weighted by Crippen LogP contribution is -2.25. The fourth-order valence-corrected chi connectivity index (χ4v) is 2.44. The average molecular weight is 262 g/mol. The predicted octanol–water partition coefficient (Wildman–Crippen LogP) is 5.61. The van der Waals surface area contributed by atoms with E-state index in [4.69, 9.17) is 0 Å². The zero-order valence-corrected chi connectivity index (χ0v) is 12.6. The Hall–Kier alpha value is -0.850. The molecule has 1 fully saturated rings. The van der Waals surface area contributed by atoms with Crippen molar-refractivity contribution in [2.45, 2.75) is 77.6 Å². The number of carbonyl (C=O) groups excluding carboxylic acids is 1. The first kappa shape index (κ1) is 16.2. The van der Waals surface area contributed by atoms with E-state index in [0.29, 0.717) is 11.7 Å². The van der Waals surface area contributed by atoms with Gasteiger partial charge in [0.15, 0.2) is 0 Å². The summed E-state index contributed by atoms with van der Waals surface area (Å²) in [7, 11) is 0. The molecule has 0 saturated heterocycles. The van der Waals surface area contributed by atoms with Gasteiger partial charge in [0.25, 0.3) is 0 Å². The van der Waals surface area contributed by atoms with Crippen LogP contribution in [0.15, 0.2) is 24.3 Å². The second-order valence-corrected chi connectivity index (χ2v) is 5.66. The van der Waals surface area contributed by atoms with Crippen LogP contribution in [0.5, 0.6) is 0 Å². The molecule has 0 aromatic rings. The van der Waals surface area contributed by atoms with Crippen molar-refractivity contribution in [1.82, 2.24) is 0 Å². The second-order valence-electron chi connectivity index (χ2n) is 5.66. The van der Waals surface area contributed by atoms with Gasteiger partial charge < -0.3 is 0 Å². The quantitative estimate of drug-likeness (QED) is 0.349. The molecule has 1 nitrogen and oxygen atoms in total. The summed E-state index contributed by atoms with van der Waals surface area (Å²) in [4.78, 5) is 11.1. The first-order chi connectivity index (χ1) is 9.34. The van der Waals surface area contributed by atoms with Crippen LogP contribution < -0.4 is 0 Å². The zero-order valence-electron chi connectivity index (χ0n) is 12.6. The van der Waals surface area contributed by atoms with Crippen molar-refractivity contribution in [3.05, 3.63) is 24.3 Å². The molecule has 0 spiro atoms. The standard InChI is InChI=1S/C18H30O/c1-2-3-4-5-6-7-8-9-10-11-12-13-14-17-15-16-18(17)19/h6-7,9-10,17H,2-5,8,11-16H2,1H3/b7-6+,10-9+. The summed E-state index contributed by atoms with van der Waals surface area (Å²) >= 11 is 0. The van der Waals surface area contributed by atoms with Crippen molar-refractivity contribution >= 4 is 5.78 Å². The van der Waals surface area contributed by atoms with E-state index in [2.05, 4.69) is 31.2 Å². The molecule has 0 amide bonds. The Labute approximate surface area is 119 Å². The Kier molecular flexibility index (Phi) is 9.40. The lowest BCUT2D eigenvalue weighted by atomic mass is 9.80. The Bertz CT molecular complexity index is 288. The molecule has 1 unspecified atom stereocenters. The zero-order chi connectivity index (χ0) is 13.8. The number of ketones is 1. The molecule has 0 aromatic heterocycles. The normalized spacial score (nSPS) is 19.4. The summed E-state index contributed by atoms with van der Waals surface area (Å²) in [6, 6.07) is 0. The molecule has 1 heteroatoms. The highest BCUT2D eigenvalue weighted by Crippen LogP contribution is 2.27. The molecule has 1 aliphatic rings. The molecular formula is C18H30O. The van der Waals surface area contributed by atoms with Crippen LogP contribution in [0.3, 0.4) is 0 Å². The number of rotatable bonds is 11. The van der Waals surface area contributed by atoms with Gasteiger partial charge in [0.1, 0.15) is 5.78 Å². The van der Waals surface area contributed by atoms with E-state index in [1.807, 2.05) is 0 Å². The van der Waals surface area contributed by atoms with Crippen molar-refractivity contribution in [2.75, 3.05) is 0 Å². The van der Waals surface area contributed by atoms with Crippen LogP contribution in [-0.2, 0) is 4.79 Å². The maximum Gasteiger partial charge on any atom is 0.136 e. The highest BCUT2D eigenvalue weighted by atomic mass is 16.1. The van der Waals surface area contributed by atoms with Gasteiger partial charge in [-0.05, 0) is 44.9 Å². The minimum atomic E-state index is 0.426. The molecule has 19 heavy (non-hydrogen) atoms. The predicted molar refractivity (Wildman–Crippen MR) is 83.2 cm³/mol. The summed E-state index contributed by atoms with van der Waals surface area (Å²) in [5.74, 6) is 0.929. The van der Waals surface area contributed by atoms with Crippen LogP contribution in [-0.4, -0.2) is 5.78 Å². The molecule has 108 valence electrons. The minimum absolute atomic E-state index is 0.426. The third-order valence-corrected chi connectivity index (χ3v) is 3.95. The number of hydrogen-bond acceptors (Lipinski definition) is 1. The summed E-state index contributed by atoms with van der Waals surface area (Å²) in [5.41, 5.74) is 0. The Morgan fingerprint density at radius 3 is 2.21 bits per heavy atom. The van der Waals surface area contributed by atoms with E-state index < -0.39 is 0 Å². The first-order valence-corrected chi connectivity index (χ1v) is 8.17. The molecule has 0 heterocycles. The van der Waals surface area contributed by atoms with Crippen LogP contribution in [0.4, 0.5) is 0 Å². The topological polar surface area (TPSA) is 17.1 Å². The van der Waals surface area contributed by atoms with Crippen LogP contribution in [0, 0.1) is 5.92 Å². The van der Waals surface area contributed by atoms with E-state index >= 15 is 0 Å². The highest BCUT2D eigenvalue weighted by Gasteiger charge is 2.26. The Morgan fingerprint density at radius 2 is 1.68 bits per heavy atom. The lowest BCUT2D eigenvalue weighted by molar-refractivity contribution is -0.129. The van der Waals surface area contributed by atoms with Crippen LogP contribution in [0.25, 0.3) is 0 Å². The van der Waals surface area contributed by atoms with Crippen molar-refractivity contribution in [2.24, 2.45) is 5.92 Å². The molecule has 1 atom stereocenters. The van der Waals surface area contributed by atoms with Gasteiger partial charge >= 0.3 is 0 Å². The van der Waals surface area contributed by atoms with E-state index in [1.165, 1.54) is 44.9 Å². The molecular weight excluding hydrogens is 232 g/mol. The molecule has 0 radical (unpaired) electrons. The van der Waals surface area contributed by atoms with Gasteiger partial charge in [-0.25, -0.2) is 0 Å². The maximum atomic E-state index is 11.1. The SMILES string of the molecule is CCCCC/C=C/C/C=C/CCCCC1CCC1=O. The first-order valence-electron chi connectivity index (χ1n) is 8.17. The monoisotopic (exact) mass is 262 g/mol. The number of carbonyl (C=O) groups is 1. The molecule has 1 saturated carbocycles. The van der Waals surface area contributed by atoms with Gasteiger partial charge in [-0.1, -0.05) is 50.5 Å². The average Bonchev–Trinajstić information content (AvgIpc) is 2.42. The van der Waals surface area contributed by atoms with Gasteiger partial charge in [-0.2, -0.15) is 0 Å².